The van der Waals surface area contributed by atoms with Gasteiger partial charge in [-0.3, -0.25) is 4.79 Å². The van der Waals surface area contributed by atoms with E-state index < -0.39 is 0 Å². The van der Waals surface area contributed by atoms with Crippen molar-refractivity contribution < 1.29 is 9.53 Å². The third-order valence-electron chi connectivity index (χ3n) is 3.25. The van der Waals surface area contributed by atoms with Crippen molar-refractivity contribution in [2.75, 3.05) is 7.11 Å². The van der Waals surface area contributed by atoms with E-state index in [1.807, 2.05) is 24.3 Å². The van der Waals surface area contributed by atoms with Crippen LogP contribution < -0.4 is 4.74 Å². The van der Waals surface area contributed by atoms with Gasteiger partial charge in [-0.05, 0) is 46.9 Å². The molecule has 84 valence electrons. The second-order valence-electron chi connectivity index (χ2n) is 4.23. The van der Waals surface area contributed by atoms with E-state index in [1.165, 1.54) is 22.3 Å². The van der Waals surface area contributed by atoms with Crippen molar-refractivity contribution in [2.24, 2.45) is 0 Å². The Morgan fingerprint density at radius 3 is 2.47 bits per heavy atom. The predicted octanol–water partition coefficient (Wildman–Crippen LogP) is 3.08. The lowest BCUT2D eigenvalue weighted by Gasteiger charge is -2.03. The summed E-state index contributed by atoms with van der Waals surface area (Å²) >= 11 is 0. The lowest BCUT2D eigenvalue weighted by atomic mass is 10.0. The molecule has 0 aromatic heterocycles. The Morgan fingerprint density at radius 1 is 1.06 bits per heavy atom. The van der Waals surface area contributed by atoms with Crippen LogP contribution in [0, 0.1) is 0 Å². The third kappa shape index (κ3) is 1.53. The van der Waals surface area contributed by atoms with Crippen molar-refractivity contribution in [1.29, 1.82) is 0 Å². The number of ether oxygens (including phenoxy) is 1. The highest BCUT2D eigenvalue weighted by molar-refractivity contribution is 5.82. The van der Waals surface area contributed by atoms with Gasteiger partial charge in [-0.1, -0.05) is 18.2 Å². The Kier molecular flexibility index (Phi) is 2.22. The molecule has 1 aliphatic carbocycles. The van der Waals surface area contributed by atoms with Crippen LogP contribution in [0.2, 0.25) is 0 Å². The highest BCUT2D eigenvalue weighted by Crippen LogP contribution is 2.38. The van der Waals surface area contributed by atoms with Crippen LogP contribution in [0.15, 0.2) is 36.4 Å². The maximum absolute atomic E-state index is 10.8. The molecule has 0 aliphatic heterocycles. The molecule has 0 saturated carbocycles. The summed E-state index contributed by atoms with van der Waals surface area (Å²) < 4.78 is 5.23. The highest BCUT2D eigenvalue weighted by atomic mass is 16.5. The Bertz CT molecular complexity index is 600. The highest BCUT2D eigenvalue weighted by Gasteiger charge is 2.18. The van der Waals surface area contributed by atoms with E-state index in [1.54, 1.807) is 7.11 Å². The number of rotatable bonds is 2. The van der Waals surface area contributed by atoms with Crippen LogP contribution in [-0.4, -0.2) is 13.4 Å². The molecule has 0 amide bonds. The van der Waals surface area contributed by atoms with Gasteiger partial charge in [0.25, 0.3) is 0 Å². The number of benzene rings is 2. The minimum Gasteiger partial charge on any atom is -0.497 e. The van der Waals surface area contributed by atoms with Gasteiger partial charge in [-0.2, -0.15) is 0 Å². The minimum atomic E-state index is 0.739. The van der Waals surface area contributed by atoms with Gasteiger partial charge in [0, 0.05) is 5.56 Å². The zero-order valence-corrected chi connectivity index (χ0v) is 9.57. The minimum absolute atomic E-state index is 0.739. The molecule has 1 aliphatic rings. The lowest BCUT2D eigenvalue weighted by molar-refractivity contribution is 0.112. The number of carbonyl (C=O) groups is 1. The van der Waals surface area contributed by atoms with E-state index >= 15 is 0 Å². The van der Waals surface area contributed by atoms with E-state index in [-0.39, 0.29) is 0 Å². The molecule has 2 nitrogen and oxygen atoms in total. The molecule has 2 heteroatoms. The second-order valence-corrected chi connectivity index (χ2v) is 4.23. The summed E-state index contributed by atoms with van der Waals surface area (Å²) in [6.07, 6.45) is 1.77. The van der Waals surface area contributed by atoms with Crippen LogP contribution in [0.1, 0.15) is 21.5 Å². The van der Waals surface area contributed by atoms with Crippen molar-refractivity contribution in [3.8, 4) is 16.9 Å². The van der Waals surface area contributed by atoms with Crippen LogP contribution in [-0.2, 0) is 6.42 Å². The van der Waals surface area contributed by atoms with Crippen molar-refractivity contribution in [1.82, 2.24) is 0 Å². The van der Waals surface area contributed by atoms with Gasteiger partial charge in [0.05, 0.1) is 7.11 Å². The molecule has 0 heterocycles. The fraction of sp³-hybridized carbons (Fsp3) is 0.133. The van der Waals surface area contributed by atoms with Gasteiger partial charge in [0.1, 0.15) is 12.0 Å². The number of fused-ring (bicyclic) bond motifs is 3. The van der Waals surface area contributed by atoms with Gasteiger partial charge in [0.2, 0.25) is 0 Å². The molecule has 0 unspecified atom stereocenters. The first kappa shape index (κ1) is 10.1. The molecule has 0 saturated heterocycles. The maximum Gasteiger partial charge on any atom is 0.150 e. The zero-order valence-electron chi connectivity index (χ0n) is 9.57. The topological polar surface area (TPSA) is 26.3 Å². The standard InChI is InChI=1S/C15H12O2/c1-17-13-3-5-15-12(8-13)7-11-6-10(9-16)2-4-14(11)15/h2-6,8-9H,7H2,1H3. The van der Waals surface area contributed by atoms with Crippen LogP contribution in [0.4, 0.5) is 0 Å². The quantitative estimate of drug-likeness (QED) is 0.625. The summed E-state index contributed by atoms with van der Waals surface area (Å²) in [6.45, 7) is 0. The summed E-state index contributed by atoms with van der Waals surface area (Å²) in [6, 6.07) is 12.0. The summed E-state index contributed by atoms with van der Waals surface area (Å²) in [5.41, 5.74) is 5.70. The van der Waals surface area contributed by atoms with E-state index in [0.717, 1.165) is 24.0 Å². The number of hydrogen-bond acceptors (Lipinski definition) is 2. The molecule has 0 spiro atoms. The van der Waals surface area contributed by atoms with Crippen LogP contribution >= 0.6 is 0 Å². The second kappa shape index (κ2) is 3.74. The molecule has 0 N–H and O–H groups in total. The van der Waals surface area contributed by atoms with Crippen molar-refractivity contribution >= 4 is 6.29 Å². The van der Waals surface area contributed by atoms with Gasteiger partial charge < -0.3 is 4.74 Å². The summed E-state index contributed by atoms with van der Waals surface area (Å²) in [7, 11) is 1.67. The summed E-state index contributed by atoms with van der Waals surface area (Å²) in [5, 5.41) is 0. The molecule has 17 heavy (non-hydrogen) atoms. The SMILES string of the molecule is COc1ccc2c(c1)Cc1cc(C=O)ccc1-2. The largest absolute Gasteiger partial charge is 0.497 e. The number of methoxy groups -OCH3 is 1. The molecule has 0 bridgehead atoms. The zero-order chi connectivity index (χ0) is 11.8. The first-order valence-corrected chi connectivity index (χ1v) is 5.57. The first-order valence-electron chi connectivity index (χ1n) is 5.57. The molecular formula is C15H12O2. The average molecular weight is 224 g/mol. The lowest BCUT2D eigenvalue weighted by Crippen LogP contribution is -1.85. The van der Waals surface area contributed by atoms with Gasteiger partial charge in [-0.25, -0.2) is 0 Å². The van der Waals surface area contributed by atoms with E-state index in [2.05, 4.69) is 12.1 Å². The number of hydrogen-bond donors (Lipinski definition) is 0. The van der Waals surface area contributed by atoms with Crippen molar-refractivity contribution in [3.63, 3.8) is 0 Å². The third-order valence-corrected chi connectivity index (χ3v) is 3.25. The Morgan fingerprint density at radius 2 is 1.76 bits per heavy atom. The summed E-state index contributed by atoms with van der Waals surface area (Å²) in [4.78, 5) is 10.8. The molecule has 2 aromatic rings. The van der Waals surface area contributed by atoms with Gasteiger partial charge in [-0.15, -0.1) is 0 Å². The molecule has 3 rings (SSSR count). The average Bonchev–Trinajstić information content (AvgIpc) is 2.74. The fourth-order valence-corrected chi connectivity index (χ4v) is 2.41. The van der Waals surface area contributed by atoms with Crippen LogP contribution in [0.5, 0.6) is 5.75 Å². The number of aldehydes is 1. The van der Waals surface area contributed by atoms with Gasteiger partial charge >= 0.3 is 0 Å². The fourth-order valence-electron chi connectivity index (χ4n) is 2.41. The normalized spacial score (nSPS) is 11.8. The van der Waals surface area contributed by atoms with Crippen molar-refractivity contribution in [2.45, 2.75) is 6.42 Å². The van der Waals surface area contributed by atoms with Gasteiger partial charge in [0.15, 0.2) is 0 Å². The molecule has 0 atom stereocenters. The molecule has 0 radical (unpaired) electrons. The Balaban J connectivity index is 2.13. The molecular weight excluding hydrogens is 212 g/mol. The monoisotopic (exact) mass is 224 g/mol. The Labute approximate surface area is 99.9 Å². The van der Waals surface area contributed by atoms with Crippen LogP contribution in [0.3, 0.4) is 0 Å². The van der Waals surface area contributed by atoms with E-state index in [4.69, 9.17) is 4.74 Å². The van der Waals surface area contributed by atoms with E-state index in [9.17, 15) is 4.79 Å². The molecule has 0 fully saturated rings. The molecule has 2 aromatic carbocycles. The van der Waals surface area contributed by atoms with E-state index in [0.29, 0.717) is 0 Å². The predicted molar refractivity (Wildman–Crippen MR) is 66.6 cm³/mol. The smallest absolute Gasteiger partial charge is 0.150 e. The first-order chi connectivity index (χ1) is 8.31. The maximum atomic E-state index is 10.8. The number of carbonyl (C=O) groups excluding carboxylic acids is 1. The summed E-state index contributed by atoms with van der Waals surface area (Å²) in [5.74, 6) is 0.882. The Hall–Kier alpha value is -2.09. The van der Waals surface area contributed by atoms with Crippen LogP contribution in [0.25, 0.3) is 11.1 Å². The van der Waals surface area contributed by atoms with Crippen molar-refractivity contribution in [3.05, 3.63) is 53.1 Å².